The molecule has 3 N–H and O–H groups in total. The number of aromatic nitrogens is 4. The van der Waals surface area contributed by atoms with Gasteiger partial charge in [-0.05, 0) is 24.5 Å². The SMILES string of the molecule is NCC1(c2cnc3n[nH]nc3c2)CC1. The van der Waals surface area contributed by atoms with Gasteiger partial charge in [-0.25, -0.2) is 4.98 Å². The first kappa shape index (κ1) is 7.87. The summed E-state index contributed by atoms with van der Waals surface area (Å²) < 4.78 is 0. The van der Waals surface area contributed by atoms with Gasteiger partial charge in [-0.15, -0.1) is 5.10 Å². The van der Waals surface area contributed by atoms with E-state index in [4.69, 9.17) is 5.73 Å². The maximum absolute atomic E-state index is 5.75. The summed E-state index contributed by atoms with van der Waals surface area (Å²) >= 11 is 0. The zero-order valence-corrected chi connectivity index (χ0v) is 7.70. The van der Waals surface area contributed by atoms with Gasteiger partial charge < -0.3 is 5.73 Å². The van der Waals surface area contributed by atoms with Gasteiger partial charge in [-0.3, -0.25) is 0 Å². The summed E-state index contributed by atoms with van der Waals surface area (Å²) in [6.07, 6.45) is 4.19. The summed E-state index contributed by atoms with van der Waals surface area (Å²) in [6.45, 7) is 0.692. The summed E-state index contributed by atoms with van der Waals surface area (Å²) in [5, 5.41) is 10.5. The molecular weight excluding hydrogens is 178 g/mol. The topological polar surface area (TPSA) is 80.5 Å². The fourth-order valence-corrected chi connectivity index (χ4v) is 1.79. The number of hydrogen-bond acceptors (Lipinski definition) is 4. The molecule has 0 radical (unpaired) electrons. The van der Waals surface area contributed by atoms with E-state index in [1.165, 1.54) is 5.56 Å². The van der Waals surface area contributed by atoms with Crippen molar-refractivity contribution in [1.82, 2.24) is 20.4 Å². The highest BCUT2D eigenvalue weighted by Gasteiger charge is 2.43. The lowest BCUT2D eigenvalue weighted by molar-refractivity contribution is 0.702. The molecule has 0 atom stereocenters. The highest BCUT2D eigenvalue weighted by Crippen LogP contribution is 2.47. The maximum atomic E-state index is 5.75. The van der Waals surface area contributed by atoms with Crippen LogP contribution in [0.25, 0.3) is 11.2 Å². The maximum Gasteiger partial charge on any atom is 0.201 e. The number of fused-ring (bicyclic) bond motifs is 1. The Kier molecular flexibility index (Phi) is 1.41. The molecule has 0 aromatic carbocycles. The fraction of sp³-hybridized carbons (Fsp3) is 0.444. The number of rotatable bonds is 2. The second-order valence-corrected chi connectivity index (χ2v) is 3.87. The van der Waals surface area contributed by atoms with E-state index in [1.54, 1.807) is 0 Å². The molecule has 5 heteroatoms. The lowest BCUT2D eigenvalue weighted by Crippen LogP contribution is -2.19. The smallest absolute Gasteiger partial charge is 0.201 e. The zero-order valence-electron chi connectivity index (χ0n) is 7.70. The first-order valence-electron chi connectivity index (χ1n) is 4.71. The van der Waals surface area contributed by atoms with Crippen LogP contribution in [-0.2, 0) is 5.41 Å². The van der Waals surface area contributed by atoms with E-state index in [0.29, 0.717) is 12.2 Å². The highest BCUT2D eigenvalue weighted by molar-refractivity contribution is 5.69. The van der Waals surface area contributed by atoms with Gasteiger partial charge in [0.25, 0.3) is 0 Å². The van der Waals surface area contributed by atoms with Crippen LogP contribution in [0.15, 0.2) is 12.3 Å². The number of nitrogens with zero attached hydrogens (tertiary/aromatic N) is 3. The molecule has 5 nitrogen and oxygen atoms in total. The molecule has 14 heavy (non-hydrogen) atoms. The van der Waals surface area contributed by atoms with Crippen LogP contribution in [0.4, 0.5) is 0 Å². The van der Waals surface area contributed by atoms with E-state index in [0.717, 1.165) is 18.4 Å². The van der Waals surface area contributed by atoms with Gasteiger partial charge in [0, 0.05) is 18.2 Å². The molecule has 1 aliphatic carbocycles. The predicted molar refractivity (Wildman–Crippen MR) is 51.7 cm³/mol. The fourth-order valence-electron chi connectivity index (χ4n) is 1.79. The largest absolute Gasteiger partial charge is 0.330 e. The van der Waals surface area contributed by atoms with Crippen LogP contribution in [0.3, 0.4) is 0 Å². The summed E-state index contributed by atoms with van der Waals surface area (Å²) in [5.74, 6) is 0. The Balaban J connectivity index is 2.13. The van der Waals surface area contributed by atoms with Crippen LogP contribution in [0.5, 0.6) is 0 Å². The van der Waals surface area contributed by atoms with Crippen LogP contribution in [0, 0.1) is 0 Å². The average molecular weight is 189 g/mol. The van der Waals surface area contributed by atoms with Gasteiger partial charge in [0.2, 0.25) is 5.65 Å². The van der Waals surface area contributed by atoms with Gasteiger partial charge in [0.05, 0.1) is 0 Å². The third-order valence-corrected chi connectivity index (χ3v) is 3.03. The Morgan fingerprint density at radius 2 is 2.29 bits per heavy atom. The van der Waals surface area contributed by atoms with Crippen molar-refractivity contribution in [2.24, 2.45) is 5.73 Å². The van der Waals surface area contributed by atoms with Crippen LogP contribution in [0.1, 0.15) is 18.4 Å². The summed E-state index contributed by atoms with van der Waals surface area (Å²) in [7, 11) is 0. The molecule has 0 unspecified atom stereocenters. The third-order valence-electron chi connectivity index (χ3n) is 3.03. The Morgan fingerprint density at radius 3 is 3.00 bits per heavy atom. The van der Waals surface area contributed by atoms with Gasteiger partial charge >= 0.3 is 0 Å². The minimum absolute atomic E-state index is 0.181. The lowest BCUT2D eigenvalue weighted by atomic mass is 9.98. The molecule has 0 bridgehead atoms. The van der Waals surface area contributed by atoms with Crippen molar-refractivity contribution in [3.05, 3.63) is 17.8 Å². The van der Waals surface area contributed by atoms with Crippen molar-refractivity contribution in [3.63, 3.8) is 0 Å². The van der Waals surface area contributed by atoms with E-state index in [2.05, 4.69) is 20.4 Å². The molecule has 72 valence electrons. The number of nitrogens with one attached hydrogen (secondary N) is 1. The van der Waals surface area contributed by atoms with Crippen LogP contribution in [0.2, 0.25) is 0 Å². The Labute approximate surface area is 80.7 Å². The van der Waals surface area contributed by atoms with E-state index in [1.807, 2.05) is 12.3 Å². The molecule has 2 heterocycles. The van der Waals surface area contributed by atoms with Crippen molar-refractivity contribution >= 4 is 11.2 Å². The average Bonchev–Trinajstić information content (AvgIpc) is 2.89. The molecule has 0 saturated heterocycles. The van der Waals surface area contributed by atoms with E-state index < -0.39 is 0 Å². The van der Waals surface area contributed by atoms with Crippen molar-refractivity contribution in [2.45, 2.75) is 18.3 Å². The molecule has 1 fully saturated rings. The zero-order chi connectivity index (χ0) is 9.60. The second kappa shape index (κ2) is 2.51. The van der Waals surface area contributed by atoms with Crippen LogP contribution >= 0.6 is 0 Å². The van der Waals surface area contributed by atoms with Gasteiger partial charge in [-0.1, -0.05) is 0 Å². The molecular formula is C9H11N5. The summed E-state index contributed by atoms with van der Waals surface area (Å²) in [5.41, 5.74) is 8.61. The first-order valence-corrected chi connectivity index (χ1v) is 4.71. The molecule has 0 aliphatic heterocycles. The Morgan fingerprint density at radius 1 is 1.43 bits per heavy atom. The Bertz CT molecular complexity index is 471. The van der Waals surface area contributed by atoms with Gasteiger partial charge in [0.1, 0.15) is 5.52 Å². The predicted octanol–water partition coefficient (Wildman–Crippen LogP) is 0.343. The number of aromatic amines is 1. The first-order chi connectivity index (χ1) is 6.84. The van der Waals surface area contributed by atoms with Crippen molar-refractivity contribution < 1.29 is 0 Å². The normalized spacial score (nSPS) is 18.6. The minimum atomic E-state index is 0.181. The second-order valence-electron chi connectivity index (χ2n) is 3.87. The third kappa shape index (κ3) is 0.957. The van der Waals surface area contributed by atoms with Gasteiger partial charge in [0.15, 0.2) is 0 Å². The quantitative estimate of drug-likeness (QED) is 0.714. The molecule has 3 rings (SSSR count). The lowest BCUT2D eigenvalue weighted by Gasteiger charge is -2.10. The van der Waals surface area contributed by atoms with Crippen molar-refractivity contribution in [1.29, 1.82) is 0 Å². The molecule has 2 aromatic heterocycles. The van der Waals surface area contributed by atoms with Crippen LogP contribution in [-0.4, -0.2) is 26.9 Å². The standard InChI is InChI=1S/C9H11N5/c10-5-9(1-2-9)6-3-7-8(11-4-6)13-14-12-7/h3-4H,1-2,5,10H2,(H,11,12,13,14). The van der Waals surface area contributed by atoms with E-state index in [9.17, 15) is 0 Å². The van der Waals surface area contributed by atoms with Gasteiger partial charge in [-0.2, -0.15) is 10.3 Å². The molecule has 1 aliphatic rings. The molecule has 2 aromatic rings. The van der Waals surface area contributed by atoms with E-state index >= 15 is 0 Å². The Hall–Kier alpha value is -1.49. The molecule has 0 amide bonds. The summed E-state index contributed by atoms with van der Waals surface area (Å²) in [6, 6.07) is 2.03. The molecule has 1 saturated carbocycles. The number of H-pyrrole nitrogens is 1. The monoisotopic (exact) mass is 189 g/mol. The number of pyridine rings is 1. The molecule has 0 spiro atoms. The van der Waals surface area contributed by atoms with Crippen molar-refractivity contribution in [3.8, 4) is 0 Å². The number of hydrogen-bond donors (Lipinski definition) is 2. The van der Waals surface area contributed by atoms with Crippen LogP contribution < -0.4 is 5.73 Å². The minimum Gasteiger partial charge on any atom is -0.330 e. The summed E-state index contributed by atoms with van der Waals surface area (Å²) in [4.78, 5) is 4.23. The van der Waals surface area contributed by atoms with Crippen molar-refractivity contribution in [2.75, 3.05) is 6.54 Å². The van der Waals surface area contributed by atoms with E-state index in [-0.39, 0.29) is 5.41 Å². The number of nitrogens with two attached hydrogens (primary N) is 1. The highest BCUT2D eigenvalue weighted by atomic mass is 15.3.